The molecule has 3 rings (SSSR count). The molecule has 0 aliphatic rings. The third-order valence-electron chi connectivity index (χ3n) is 3.62. The standard InChI is InChI=1S/C21H13NO6/c23-12-14-4-8-16(9-5-14)27-20(25)18-2-1-3-19(22-18)21(26)28-17-10-6-15(13-24)7-11-17/h1-13H. The van der Waals surface area contributed by atoms with Crippen LogP contribution >= 0.6 is 0 Å². The third-order valence-corrected chi connectivity index (χ3v) is 3.62. The van der Waals surface area contributed by atoms with Crippen LogP contribution in [0.5, 0.6) is 11.5 Å². The van der Waals surface area contributed by atoms with Gasteiger partial charge in [0.15, 0.2) is 0 Å². The molecule has 0 saturated heterocycles. The molecule has 3 aromatic rings. The first-order valence-corrected chi connectivity index (χ1v) is 8.11. The minimum Gasteiger partial charge on any atom is -0.422 e. The molecule has 0 N–H and O–H groups in total. The number of carbonyl (C=O) groups is 4. The summed E-state index contributed by atoms with van der Waals surface area (Å²) in [6, 6.07) is 16.2. The van der Waals surface area contributed by atoms with Gasteiger partial charge >= 0.3 is 11.9 Å². The molecule has 0 bridgehead atoms. The summed E-state index contributed by atoms with van der Waals surface area (Å²) in [6.07, 6.45) is 1.35. The highest BCUT2D eigenvalue weighted by Gasteiger charge is 2.16. The average molecular weight is 375 g/mol. The maximum absolute atomic E-state index is 12.2. The molecule has 7 heteroatoms. The first-order chi connectivity index (χ1) is 13.6. The van der Waals surface area contributed by atoms with Crippen molar-refractivity contribution in [1.29, 1.82) is 0 Å². The number of esters is 2. The highest BCUT2D eigenvalue weighted by Crippen LogP contribution is 2.15. The van der Waals surface area contributed by atoms with Gasteiger partial charge in [-0.3, -0.25) is 9.59 Å². The van der Waals surface area contributed by atoms with E-state index in [9.17, 15) is 19.2 Å². The molecule has 0 spiro atoms. The van der Waals surface area contributed by atoms with E-state index in [1.165, 1.54) is 66.7 Å². The van der Waals surface area contributed by atoms with E-state index in [0.717, 1.165) is 0 Å². The van der Waals surface area contributed by atoms with E-state index in [-0.39, 0.29) is 22.9 Å². The zero-order valence-electron chi connectivity index (χ0n) is 14.4. The molecule has 2 aromatic carbocycles. The van der Waals surface area contributed by atoms with Gasteiger partial charge in [0.25, 0.3) is 0 Å². The second-order valence-corrected chi connectivity index (χ2v) is 5.56. The number of ether oxygens (including phenoxy) is 2. The Labute approximate surface area is 159 Å². The highest BCUT2D eigenvalue weighted by molar-refractivity contribution is 5.93. The van der Waals surface area contributed by atoms with Crippen molar-refractivity contribution >= 4 is 24.5 Å². The average Bonchev–Trinajstić information content (AvgIpc) is 2.75. The van der Waals surface area contributed by atoms with Crippen LogP contribution in [0.3, 0.4) is 0 Å². The van der Waals surface area contributed by atoms with Crippen LogP contribution in [-0.4, -0.2) is 29.5 Å². The van der Waals surface area contributed by atoms with Crippen LogP contribution in [0, 0.1) is 0 Å². The summed E-state index contributed by atoms with van der Waals surface area (Å²) < 4.78 is 10.4. The Hall–Kier alpha value is -4.13. The van der Waals surface area contributed by atoms with Crippen molar-refractivity contribution in [2.45, 2.75) is 0 Å². The molecule has 0 aliphatic heterocycles. The summed E-state index contributed by atoms with van der Waals surface area (Å²) in [5, 5.41) is 0. The largest absolute Gasteiger partial charge is 0.422 e. The summed E-state index contributed by atoms with van der Waals surface area (Å²) in [5.74, 6) is -1.05. The molecule has 1 aromatic heterocycles. The van der Waals surface area contributed by atoms with Gasteiger partial charge in [0.05, 0.1) is 0 Å². The van der Waals surface area contributed by atoms with Gasteiger partial charge in [-0.15, -0.1) is 0 Å². The Morgan fingerprint density at radius 1 is 0.643 bits per heavy atom. The number of benzene rings is 2. The molecular weight excluding hydrogens is 362 g/mol. The van der Waals surface area contributed by atoms with Gasteiger partial charge in [-0.2, -0.15) is 0 Å². The normalized spacial score (nSPS) is 10.0. The number of carbonyl (C=O) groups excluding carboxylic acids is 4. The van der Waals surface area contributed by atoms with E-state index in [2.05, 4.69) is 4.98 Å². The number of hydrogen-bond acceptors (Lipinski definition) is 7. The molecular formula is C21H13NO6. The predicted octanol–water partition coefficient (Wildman–Crippen LogP) is 3.15. The van der Waals surface area contributed by atoms with E-state index in [1.54, 1.807) is 0 Å². The van der Waals surface area contributed by atoms with Gasteiger partial charge in [0.1, 0.15) is 35.5 Å². The molecule has 0 atom stereocenters. The second kappa shape index (κ2) is 8.50. The fourth-order valence-electron chi connectivity index (χ4n) is 2.21. The fraction of sp³-hybridized carbons (Fsp3) is 0. The molecule has 7 nitrogen and oxygen atoms in total. The summed E-state index contributed by atoms with van der Waals surface area (Å²) in [7, 11) is 0. The van der Waals surface area contributed by atoms with Gasteiger partial charge in [0, 0.05) is 11.1 Å². The Morgan fingerprint density at radius 3 is 1.39 bits per heavy atom. The summed E-state index contributed by atoms with van der Waals surface area (Å²) in [6.45, 7) is 0. The number of aromatic nitrogens is 1. The van der Waals surface area contributed by atoms with E-state index in [4.69, 9.17) is 9.47 Å². The van der Waals surface area contributed by atoms with Gasteiger partial charge in [-0.1, -0.05) is 6.07 Å². The molecule has 0 fully saturated rings. The van der Waals surface area contributed by atoms with E-state index >= 15 is 0 Å². The first kappa shape index (κ1) is 18.7. The number of aldehydes is 2. The van der Waals surface area contributed by atoms with Crippen LogP contribution in [0.15, 0.2) is 66.7 Å². The molecule has 0 radical (unpaired) electrons. The van der Waals surface area contributed by atoms with Crippen LogP contribution in [0.25, 0.3) is 0 Å². The van der Waals surface area contributed by atoms with Gasteiger partial charge in [-0.25, -0.2) is 14.6 Å². The maximum atomic E-state index is 12.2. The SMILES string of the molecule is O=Cc1ccc(OC(=O)c2cccc(C(=O)Oc3ccc(C=O)cc3)n2)cc1. The number of hydrogen-bond donors (Lipinski definition) is 0. The zero-order valence-corrected chi connectivity index (χ0v) is 14.4. The number of nitrogens with zero attached hydrogens (tertiary/aromatic N) is 1. The van der Waals surface area contributed by atoms with Gasteiger partial charge < -0.3 is 9.47 Å². The number of pyridine rings is 1. The van der Waals surface area contributed by atoms with Crippen LogP contribution < -0.4 is 9.47 Å². The lowest BCUT2D eigenvalue weighted by Crippen LogP contribution is -2.15. The van der Waals surface area contributed by atoms with Crippen LogP contribution in [-0.2, 0) is 0 Å². The van der Waals surface area contributed by atoms with Gasteiger partial charge in [-0.05, 0) is 60.7 Å². The second-order valence-electron chi connectivity index (χ2n) is 5.56. The van der Waals surface area contributed by atoms with Crippen molar-refractivity contribution in [3.8, 4) is 11.5 Å². The fourth-order valence-corrected chi connectivity index (χ4v) is 2.21. The minimum absolute atomic E-state index is 0.0785. The molecule has 28 heavy (non-hydrogen) atoms. The Bertz CT molecular complexity index is 945. The topological polar surface area (TPSA) is 99.6 Å². The Morgan fingerprint density at radius 2 is 1.04 bits per heavy atom. The summed E-state index contributed by atoms with van der Waals surface area (Å²) in [5.41, 5.74) is 0.739. The Balaban J connectivity index is 1.70. The van der Waals surface area contributed by atoms with E-state index in [0.29, 0.717) is 23.7 Å². The summed E-state index contributed by atoms with van der Waals surface area (Å²) >= 11 is 0. The van der Waals surface area contributed by atoms with Crippen LogP contribution in [0.2, 0.25) is 0 Å². The first-order valence-electron chi connectivity index (χ1n) is 8.11. The van der Waals surface area contributed by atoms with Crippen LogP contribution in [0.1, 0.15) is 41.7 Å². The monoisotopic (exact) mass is 375 g/mol. The van der Waals surface area contributed by atoms with Crippen molar-refractivity contribution in [2.24, 2.45) is 0 Å². The van der Waals surface area contributed by atoms with Gasteiger partial charge in [0.2, 0.25) is 0 Å². The van der Waals surface area contributed by atoms with Crippen molar-refractivity contribution in [3.63, 3.8) is 0 Å². The van der Waals surface area contributed by atoms with Crippen LogP contribution in [0.4, 0.5) is 0 Å². The molecule has 0 saturated carbocycles. The molecule has 1 heterocycles. The molecule has 138 valence electrons. The smallest absolute Gasteiger partial charge is 0.362 e. The number of rotatable bonds is 6. The van der Waals surface area contributed by atoms with Crippen molar-refractivity contribution in [1.82, 2.24) is 4.98 Å². The Kier molecular flexibility index (Phi) is 5.66. The van der Waals surface area contributed by atoms with Crippen molar-refractivity contribution in [3.05, 3.63) is 89.2 Å². The van der Waals surface area contributed by atoms with E-state index < -0.39 is 11.9 Å². The highest BCUT2D eigenvalue weighted by atomic mass is 16.5. The maximum Gasteiger partial charge on any atom is 0.362 e. The predicted molar refractivity (Wildman–Crippen MR) is 97.8 cm³/mol. The quantitative estimate of drug-likeness (QED) is 0.371. The molecule has 0 amide bonds. The minimum atomic E-state index is -0.760. The molecule has 0 aliphatic carbocycles. The van der Waals surface area contributed by atoms with Crippen molar-refractivity contribution < 1.29 is 28.7 Å². The van der Waals surface area contributed by atoms with Crippen molar-refractivity contribution in [2.75, 3.05) is 0 Å². The zero-order chi connectivity index (χ0) is 19.9. The lowest BCUT2D eigenvalue weighted by molar-refractivity contribution is 0.0722. The summed E-state index contributed by atoms with van der Waals surface area (Å²) in [4.78, 5) is 49.7. The lowest BCUT2D eigenvalue weighted by atomic mass is 10.2. The molecule has 0 unspecified atom stereocenters. The third kappa shape index (κ3) is 4.53. The van der Waals surface area contributed by atoms with E-state index in [1.807, 2.05) is 0 Å². The lowest BCUT2D eigenvalue weighted by Gasteiger charge is -2.06.